The average Bonchev–Trinajstić information content (AvgIpc) is 2.63. The first-order valence-electron chi connectivity index (χ1n) is 9.05. The lowest BCUT2D eigenvalue weighted by molar-refractivity contribution is -0.122. The number of rotatable bonds is 10. The van der Waals surface area contributed by atoms with Gasteiger partial charge in [0.25, 0.3) is 0 Å². The summed E-state index contributed by atoms with van der Waals surface area (Å²) < 4.78 is 4.85. The summed E-state index contributed by atoms with van der Waals surface area (Å²) in [6.07, 6.45) is 4.56. The molecule has 29 heavy (non-hydrogen) atoms. The third-order valence-corrected chi connectivity index (χ3v) is 6.03. The lowest BCUT2D eigenvalue weighted by Gasteiger charge is -2.28. The van der Waals surface area contributed by atoms with Crippen molar-refractivity contribution >= 4 is 95.6 Å². The van der Waals surface area contributed by atoms with E-state index in [1.54, 1.807) is 19.2 Å². The molecule has 0 aromatic heterocycles. The van der Waals surface area contributed by atoms with Crippen LogP contribution in [0.5, 0.6) is 5.75 Å². The van der Waals surface area contributed by atoms with Gasteiger partial charge in [0, 0.05) is 15.4 Å². The molecule has 0 unspecified atom stereocenters. The van der Waals surface area contributed by atoms with Crippen LogP contribution in [0.1, 0.15) is 45.4 Å². The second-order valence-corrected chi connectivity index (χ2v) is 10.8. The summed E-state index contributed by atoms with van der Waals surface area (Å²) in [5, 5.41) is 8.74. The van der Waals surface area contributed by atoms with E-state index in [0.29, 0.717) is 17.9 Å². The van der Waals surface area contributed by atoms with Gasteiger partial charge in [-0.25, -0.2) is 0 Å². The fourth-order valence-electron chi connectivity index (χ4n) is 2.39. The highest BCUT2D eigenvalue weighted by Crippen LogP contribution is 2.35. The summed E-state index contributed by atoms with van der Waals surface area (Å²) in [6.45, 7) is 2.14. The van der Waals surface area contributed by atoms with Crippen LogP contribution < -0.4 is 20.7 Å². The van der Waals surface area contributed by atoms with Crippen LogP contribution in [0, 0.1) is 0 Å². The van der Waals surface area contributed by atoms with Crippen LogP contribution in [0.2, 0.25) is 0 Å². The van der Waals surface area contributed by atoms with Crippen LogP contribution in [0.3, 0.4) is 0 Å². The minimum atomic E-state index is -1.79. The van der Waals surface area contributed by atoms with Crippen molar-refractivity contribution < 1.29 is 9.53 Å². The van der Waals surface area contributed by atoms with E-state index in [-0.39, 0.29) is 11.0 Å². The van der Waals surface area contributed by atoms with Gasteiger partial charge in [-0.05, 0) is 62.6 Å². The highest BCUT2D eigenvalue weighted by molar-refractivity contribution is 9.11. The Kier molecular flexibility index (Phi) is 12.5. The third kappa shape index (κ3) is 10.2. The Hall–Kier alpha value is 0.0100. The Morgan fingerprint density at radius 1 is 1.14 bits per heavy atom. The zero-order valence-electron chi connectivity index (χ0n) is 16.1. The number of carbonyl (C=O) groups excluding carboxylic acids is 1. The molecule has 0 fully saturated rings. The molecule has 1 rings (SSSR count). The van der Waals surface area contributed by atoms with Crippen molar-refractivity contribution in [2.24, 2.45) is 0 Å². The summed E-state index contributed by atoms with van der Waals surface area (Å²) in [4.78, 5) is 12.2. The molecule has 1 aromatic carbocycles. The van der Waals surface area contributed by atoms with Crippen LogP contribution in [0.15, 0.2) is 21.1 Å². The Morgan fingerprint density at radius 3 is 2.24 bits per heavy atom. The van der Waals surface area contributed by atoms with Gasteiger partial charge in [0.05, 0.1) is 12.8 Å². The number of hydrogen-bond donors (Lipinski definition) is 3. The minimum Gasteiger partial charge on any atom is -0.497 e. The second kappa shape index (κ2) is 13.4. The molecule has 5 nitrogen and oxygen atoms in total. The number of anilines is 1. The molecule has 1 aromatic rings. The van der Waals surface area contributed by atoms with E-state index < -0.39 is 9.96 Å². The molecule has 0 saturated heterocycles. The fraction of sp³-hybridized carbons (Fsp3) is 0.556. The smallest absolute Gasteiger partial charge is 0.228 e. The van der Waals surface area contributed by atoms with Crippen LogP contribution >= 0.6 is 78.9 Å². The van der Waals surface area contributed by atoms with Crippen molar-refractivity contribution in [2.75, 3.05) is 12.4 Å². The van der Waals surface area contributed by atoms with E-state index in [4.69, 9.17) is 51.8 Å². The van der Waals surface area contributed by atoms with Gasteiger partial charge in [-0.15, -0.1) is 0 Å². The molecule has 0 bridgehead atoms. The Balaban J connectivity index is 2.69. The molecule has 0 spiro atoms. The predicted molar refractivity (Wildman–Crippen MR) is 133 cm³/mol. The molecule has 1 atom stereocenters. The number of carbonyl (C=O) groups is 1. The summed E-state index contributed by atoms with van der Waals surface area (Å²) in [5.74, 6) is 0.457. The van der Waals surface area contributed by atoms with Gasteiger partial charge in [-0.2, -0.15) is 0 Å². The van der Waals surface area contributed by atoms with Crippen molar-refractivity contribution in [3.05, 3.63) is 21.1 Å². The van der Waals surface area contributed by atoms with Crippen molar-refractivity contribution in [3.8, 4) is 5.75 Å². The van der Waals surface area contributed by atoms with Crippen LogP contribution in [0.25, 0.3) is 0 Å². The first-order chi connectivity index (χ1) is 13.6. The van der Waals surface area contributed by atoms with E-state index in [9.17, 15) is 4.79 Å². The zero-order valence-corrected chi connectivity index (χ0v) is 22.3. The highest BCUT2D eigenvalue weighted by atomic mass is 79.9. The van der Waals surface area contributed by atoms with Gasteiger partial charge in [0.15, 0.2) is 5.11 Å². The lowest BCUT2D eigenvalue weighted by Crippen LogP contribution is -2.56. The van der Waals surface area contributed by atoms with Crippen molar-refractivity contribution in [3.63, 3.8) is 0 Å². The summed E-state index contributed by atoms with van der Waals surface area (Å²) in [5.41, 5.74) is 0.661. The molecular formula is C18H24Br2Cl3N3O2S. The van der Waals surface area contributed by atoms with Crippen LogP contribution in [-0.4, -0.2) is 28.1 Å². The highest BCUT2D eigenvalue weighted by Gasteiger charge is 2.34. The number of amides is 1. The van der Waals surface area contributed by atoms with Crippen molar-refractivity contribution in [2.45, 2.75) is 55.4 Å². The molecule has 164 valence electrons. The maximum atomic E-state index is 12.2. The Morgan fingerprint density at radius 2 is 1.72 bits per heavy atom. The number of benzene rings is 1. The molecular weight excluding hydrogens is 588 g/mol. The standard InChI is InChI=1S/C18H24Br2Cl3N3O2S/c1-3-4-5-6-7-8-14(27)24-16(18(21,22)23)26-17(29)25-15-12(19)9-11(28-2)10-13(15)20/h9-10,16H,3-8H2,1-2H3,(H,24,27)(H2,25,26,29)/t16-/m0/s1. The number of thiocarbonyl (C=S) groups is 1. The summed E-state index contributed by atoms with van der Waals surface area (Å²) in [7, 11) is 1.57. The lowest BCUT2D eigenvalue weighted by atomic mass is 10.1. The first kappa shape index (κ1) is 27.0. The number of hydrogen-bond acceptors (Lipinski definition) is 3. The molecule has 0 aliphatic carbocycles. The van der Waals surface area contributed by atoms with Crippen LogP contribution in [-0.2, 0) is 4.79 Å². The molecule has 11 heteroatoms. The normalized spacial score (nSPS) is 12.2. The third-order valence-electron chi connectivity index (χ3n) is 3.91. The van der Waals surface area contributed by atoms with Gasteiger partial charge in [0.2, 0.25) is 9.70 Å². The quantitative estimate of drug-likeness (QED) is 0.119. The molecule has 1 amide bonds. The topological polar surface area (TPSA) is 62.4 Å². The molecule has 0 aliphatic heterocycles. The van der Waals surface area contributed by atoms with Gasteiger partial charge in [-0.1, -0.05) is 67.4 Å². The average molecular weight is 613 g/mol. The Labute approximate surface area is 209 Å². The molecule has 3 N–H and O–H groups in total. The number of unbranched alkanes of at least 4 members (excludes halogenated alkanes) is 4. The summed E-state index contributed by atoms with van der Waals surface area (Å²) >= 11 is 30.3. The van der Waals surface area contributed by atoms with Gasteiger partial charge < -0.3 is 20.7 Å². The second-order valence-electron chi connectivity index (χ2n) is 6.27. The van der Waals surface area contributed by atoms with E-state index in [2.05, 4.69) is 54.7 Å². The van der Waals surface area contributed by atoms with Gasteiger partial charge in [-0.3, -0.25) is 4.79 Å². The predicted octanol–water partition coefficient (Wildman–Crippen LogP) is 6.68. The molecule has 0 saturated carbocycles. The fourth-order valence-corrected chi connectivity index (χ4v) is 4.28. The maximum Gasteiger partial charge on any atom is 0.228 e. The van der Waals surface area contributed by atoms with E-state index in [1.165, 1.54) is 0 Å². The van der Waals surface area contributed by atoms with Crippen molar-refractivity contribution in [1.29, 1.82) is 0 Å². The largest absolute Gasteiger partial charge is 0.497 e. The van der Waals surface area contributed by atoms with E-state index >= 15 is 0 Å². The number of ether oxygens (including phenoxy) is 1. The number of methoxy groups -OCH3 is 1. The van der Waals surface area contributed by atoms with Crippen molar-refractivity contribution in [1.82, 2.24) is 10.6 Å². The molecule has 0 radical (unpaired) electrons. The van der Waals surface area contributed by atoms with E-state index in [0.717, 1.165) is 41.0 Å². The summed E-state index contributed by atoms with van der Waals surface area (Å²) in [6, 6.07) is 3.56. The maximum absolute atomic E-state index is 12.2. The number of alkyl halides is 3. The Bertz CT molecular complexity index is 682. The minimum absolute atomic E-state index is 0.177. The van der Waals surface area contributed by atoms with Gasteiger partial charge >= 0.3 is 0 Å². The van der Waals surface area contributed by atoms with Crippen LogP contribution in [0.4, 0.5) is 5.69 Å². The number of nitrogens with one attached hydrogen (secondary N) is 3. The first-order valence-corrected chi connectivity index (χ1v) is 12.2. The molecule has 0 aliphatic rings. The monoisotopic (exact) mass is 609 g/mol. The van der Waals surface area contributed by atoms with Gasteiger partial charge in [0.1, 0.15) is 11.9 Å². The number of halogens is 5. The molecule has 0 heterocycles. The zero-order chi connectivity index (χ0) is 22.0. The SMILES string of the molecule is CCCCCCCC(=O)N[C@@H](NC(=S)Nc1c(Br)cc(OC)cc1Br)C(Cl)(Cl)Cl. The van der Waals surface area contributed by atoms with E-state index in [1.807, 2.05) is 0 Å².